The summed E-state index contributed by atoms with van der Waals surface area (Å²) in [5, 5.41) is 6.53. The minimum absolute atomic E-state index is 0.0147. The molecule has 0 aliphatic carbocycles. The lowest BCUT2D eigenvalue weighted by atomic mass is 9.89. The number of nitrogens with zero attached hydrogens (tertiary/aromatic N) is 1. The number of carbonyl (C=O) groups excluding carboxylic acids is 1. The zero-order chi connectivity index (χ0) is 16.1. The summed E-state index contributed by atoms with van der Waals surface area (Å²) < 4.78 is 10.8. The molecule has 1 aromatic carbocycles. The molecule has 0 saturated carbocycles. The van der Waals surface area contributed by atoms with Crippen molar-refractivity contribution in [1.29, 1.82) is 0 Å². The lowest BCUT2D eigenvalue weighted by Crippen LogP contribution is -2.51. The highest BCUT2D eigenvalue weighted by Crippen LogP contribution is 2.25. The molecule has 2 amide bonds. The van der Waals surface area contributed by atoms with Crippen molar-refractivity contribution in [1.82, 2.24) is 15.5 Å². The van der Waals surface area contributed by atoms with Crippen LogP contribution in [0.15, 0.2) is 24.3 Å². The first-order valence-electron chi connectivity index (χ1n) is 8.25. The highest BCUT2D eigenvalue weighted by Gasteiger charge is 2.42. The van der Waals surface area contributed by atoms with Crippen LogP contribution in [-0.4, -0.2) is 56.4 Å². The number of carbonyl (C=O) groups is 1. The van der Waals surface area contributed by atoms with Gasteiger partial charge in [-0.1, -0.05) is 0 Å². The number of methoxy groups -OCH3 is 1. The van der Waals surface area contributed by atoms with Crippen LogP contribution >= 0.6 is 0 Å². The standard InChI is InChI=1S/C17H25N3O3/c1-22-14-3-5-15(6-4-14)23-12-2-11-20-13-17(19-16(20)21)7-9-18-10-8-17/h3-6,18H,2,7-13H2,1H3,(H,19,21). The van der Waals surface area contributed by atoms with E-state index in [9.17, 15) is 4.79 Å². The maximum Gasteiger partial charge on any atom is 0.317 e. The Morgan fingerprint density at radius 2 is 1.87 bits per heavy atom. The lowest BCUT2D eigenvalue weighted by Gasteiger charge is -2.33. The molecular formula is C17H25N3O3. The van der Waals surface area contributed by atoms with Gasteiger partial charge in [-0.05, 0) is 56.6 Å². The molecule has 0 unspecified atom stereocenters. The molecule has 0 bridgehead atoms. The second-order valence-corrected chi connectivity index (χ2v) is 6.26. The third kappa shape index (κ3) is 3.88. The summed E-state index contributed by atoms with van der Waals surface area (Å²) in [4.78, 5) is 14.0. The summed E-state index contributed by atoms with van der Waals surface area (Å²) in [5.74, 6) is 1.64. The van der Waals surface area contributed by atoms with Crippen LogP contribution in [0.3, 0.4) is 0 Å². The summed E-state index contributed by atoms with van der Waals surface area (Å²) in [6.07, 6.45) is 2.85. The van der Waals surface area contributed by atoms with E-state index in [-0.39, 0.29) is 11.6 Å². The number of benzene rings is 1. The maximum absolute atomic E-state index is 12.1. The minimum Gasteiger partial charge on any atom is -0.497 e. The monoisotopic (exact) mass is 319 g/mol. The van der Waals surface area contributed by atoms with Gasteiger partial charge in [0.05, 0.1) is 19.3 Å². The van der Waals surface area contributed by atoms with E-state index in [1.807, 2.05) is 29.2 Å². The van der Waals surface area contributed by atoms with Gasteiger partial charge in [-0.25, -0.2) is 4.79 Å². The molecule has 1 aromatic rings. The van der Waals surface area contributed by atoms with Crippen molar-refractivity contribution in [3.63, 3.8) is 0 Å². The molecule has 2 heterocycles. The average Bonchev–Trinajstić information content (AvgIpc) is 2.88. The Kier molecular flexibility index (Phi) is 4.91. The van der Waals surface area contributed by atoms with Gasteiger partial charge in [0.15, 0.2) is 0 Å². The van der Waals surface area contributed by atoms with E-state index in [0.29, 0.717) is 6.61 Å². The van der Waals surface area contributed by atoms with E-state index in [4.69, 9.17) is 9.47 Å². The maximum atomic E-state index is 12.1. The summed E-state index contributed by atoms with van der Waals surface area (Å²) in [5.41, 5.74) is -0.0147. The van der Waals surface area contributed by atoms with Crippen LogP contribution in [0.2, 0.25) is 0 Å². The smallest absolute Gasteiger partial charge is 0.317 e. The van der Waals surface area contributed by atoms with E-state index in [0.717, 1.165) is 56.9 Å². The number of hydrogen-bond acceptors (Lipinski definition) is 4. The van der Waals surface area contributed by atoms with Gasteiger partial charge in [0, 0.05) is 13.1 Å². The van der Waals surface area contributed by atoms with E-state index < -0.39 is 0 Å². The van der Waals surface area contributed by atoms with Gasteiger partial charge in [0.2, 0.25) is 0 Å². The molecule has 1 spiro atoms. The Hall–Kier alpha value is -1.95. The van der Waals surface area contributed by atoms with Crippen molar-refractivity contribution < 1.29 is 14.3 Å². The molecule has 0 radical (unpaired) electrons. The fraction of sp³-hybridized carbons (Fsp3) is 0.588. The van der Waals surface area contributed by atoms with Crippen LogP contribution in [0.4, 0.5) is 4.79 Å². The number of hydrogen-bond donors (Lipinski definition) is 2. The Bertz CT molecular complexity index is 526. The molecule has 2 N–H and O–H groups in total. The number of piperidine rings is 1. The largest absolute Gasteiger partial charge is 0.497 e. The molecular weight excluding hydrogens is 294 g/mol. The number of rotatable bonds is 6. The molecule has 0 atom stereocenters. The SMILES string of the molecule is COc1ccc(OCCCN2CC3(CCNCC3)NC2=O)cc1. The number of amides is 2. The highest BCUT2D eigenvalue weighted by molar-refractivity contribution is 5.78. The Morgan fingerprint density at radius 3 is 2.57 bits per heavy atom. The first-order valence-corrected chi connectivity index (χ1v) is 8.25. The summed E-state index contributed by atoms with van der Waals surface area (Å²) in [6.45, 7) is 4.11. The van der Waals surface area contributed by atoms with Crippen molar-refractivity contribution >= 4 is 6.03 Å². The fourth-order valence-electron chi connectivity index (χ4n) is 3.27. The van der Waals surface area contributed by atoms with Crippen molar-refractivity contribution in [3.05, 3.63) is 24.3 Å². The minimum atomic E-state index is -0.0147. The van der Waals surface area contributed by atoms with Gasteiger partial charge in [0.25, 0.3) is 0 Å². The van der Waals surface area contributed by atoms with E-state index >= 15 is 0 Å². The van der Waals surface area contributed by atoms with Gasteiger partial charge >= 0.3 is 6.03 Å². The number of ether oxygens (including phenoxy) is 2. The van der Waals surface area contributed by atoms with E-state index in [2.05, 4.69) is 10.6 Å². The van der Waals surface area contributed by atoms with Crippen molar-refractivity contribution in [3.8, 4) is 11.5 Å². The lowest BCUT2D eigenvalue weighted by molar-refractivity contribution is 0.210. The van der Waals surface area contributed by atoms with Crippen LogP contribution in [0.5, 0.6) is 11.5 Å². The summed E-state index contributed by atoms with van der Waals surface area (Å²) in [6, 6.07) is 7.61. The highest BCUT2D eigenvalue weighted by atomic mass is 16.5. The van der Waals surface area contributed by atoms with Crippen LogP contribution in [0.25, 0.3) is 0 Å². The molecule has 3 rings (SSSR count). The van der Waals surface area contributed by atoms with Crippen LogP contribution in [-0.2, 0) is 0 Å². The molecule has 6 nitrogen and oxygen atoms in total. The van der Waals surface area contributed by atoms with Gasteiger partial charge in [-0.2, -0.15) is 0 Å². The number of urea groups is 1. The molecule has 126 valence electrons. The van der Waals surface area contributed by atoms with Crippen LogP contribution < -0.4 is 20.1 Å². The Labute approximate surface area is 137 Å². The first kappa shape index (κ1) is 15.9. The Balaban J connectivity index is 1.41. The number of nitrogens with one attached hydrogen (secondary N) is 2. The Morgan fingerprint density at radius 1 is 1.17 bits per heavy atom. The molecule has 6 heteroatoms. The first-order chi connectivity index (χ1) is 11.2. The van der Waals surface area contributed by atoms with Crippen LogP contribution in [0, 0.1) is 0 Å². The van der Waals surface area contributed by atoms with E-state index in [1.54, 1.807) is 7.11 Å². The second kappa shape index (κ2) is 7.08. The van der Waals surface area contributed by atoms with Crippen molar-refractivity contribution in [2.24, 2.45) is 0 Å². The normalized spacial score (nSPS) is 19.7. The third-order valence-electron chi connectivity index (χ3n) is 4.61. The zero-order valence-corrected chi connectivity index (χ0v) is 13.6. The van der Waals surface area contributed by atoms with Gasteiger partial charge in [0.1, 0.15) is 11.5 Å². The van der Waals surface area contributed by atoms with Gasteiger partial charge < -0.3 is 25.0 Å². The average molecular weight is 319 g/mol. The molecule has 2 aliphatic heterocycles. The molecule has 2 aliphatic rings. The third-order valence-corrected chi connectivity index (χ3v) is 4.61. The molecule has 2 saturated heterocycles. The van der Waals surface area contributed by atoms with Crippen LogP contribution in [0.1, 0.15) is 19.3 Å². The summed E-state index contributed by atoms with van der Waals surface area (Å²) >= 11 is 0. The predicted molar refractivity (Wildman–Crippen MR) is 88.0 cm³/mol. The van der Waals surface area contributed by atoms with Gasteiger partial charge in [-0.15, -0.1) is 0 Å². The molecule has 0 aromatic heterocycles. The van der Waals surface area contributed by atoms with Crippen molar-refractivity contribution in [2.45, 2.75) is 24.8 Å². The molecule has 23 heavy (non-hydrogen) atoms. The second-order valence-electron chi connectivity index (χ2n) is 6.26. The van der Waals surface area contributed by atoms with Crippen molar-refractivity contribution in [2.75, 3.05) is 39.9 Å². The summed E-state index contributed by atoms with van der Waals surface area (Å²) in [7, 11) is 1.64. The predicted octanol–water partition coefficient (Wildman–Crippen LogP) is 1.61. The van der Waals surface area contributed by atoms with E-state index in [1.165, 1.54) is 0 Å². The van der Waals surface area contributed by atoms with Gasteiger partial charge in [-0.3, -0.25) is 0 Å². The topological polar surface area (TPSA) is 62.8 Å². The fourth-order valence-corrected chi connectivity index (χ4v) is 3.27. The quantitative estimate of drug-likeness (QED) is 0.782. The zero-order valence-electron chi connectivity index (χ0n) is 13.6. The molecule has 2 fully saturated rings.